The van der Waals surface area contributed by atoms with Crippen LogP contribution in [0.3, 0.4) is 0 Å². The Labute approximate surface area is 180 Å². The average molecular weight is 436 g/mol. The van der Waals surface area contributed by atoms with E-state index < -0.39 is 23.6 Å². The lowest BCUT2D eigenvalue weighted by Crippen LogP contribution is -2.22. The molecule has 5 nitrogen and oxygen atoms in total. The molecule has 0 aliphatic carbocycles. The van der Waals surface area contributed by atoms with Gasteiger partial charge in [-0.3, -0.25) is 4.79 Å². The summed E-state index contributed by atoms with van der Waals surface area (Å²) < 4.78 is 50.2. The van der Waals surface area contributed by atoms with Crippen molar-refractivity contribution in [3.63, 3.8) is 0 Å². The van der Waals surface area contributed by atoms with E-state index in [9.17, 15) is 18.0 Å². The normalized spacial score (nSPS) is 12.2. The van der Waals surface area contributed by atoms with Gasteiger partial charge in [0, 0.05) is 18.3 Å². The first-order valence-corrected chi connectivity index (χ1v) is 9.90. The number of methoxy groups -OCH3 is 1. The van der Waals surface area contributed by atoms with Crippen LogP contribution in [0.1, 0.15) is 30.4 Å². The summed E-state index contributed by atoms with van der Waals surface area (Å²) in [5.74, 6) is -0.296. The molecular weight excluding hydrogens is 409 g/mol. The molecule has 1 unspecified atom stereocenters. The van der Waals surface area contributed by atoms with Crippen LogP contribution in [0.25, 0.3) is 0 Å². The largest absolute Gasteiger partial charge is 0.493 e. The Morgan fingerprint density at radius 3 is 2.61 bits per heavy atom. The summed E-state index contributed by atoms with van der Waals surface area (Å²) in [5, 5.41) is 5.90. The van der Waals surface area contributed by atoms with E-state index in [1.54, 1.807) is 18.2 Å². The highest BCUT2D eigenvalue weighted by Crippen LogP contribution is 2.33. The first-order chi connectivity index (χ1) is 14.8. The molecule has 1 atom stereocenters. The molecule has 2 N–H and O–H groups in total. The Morgan fingerprint density at radius 2 is 1.97 bits per heavy atom. The Kier molecular flexibility index (Phi) is 8.93. The molecule has 31 heavy (non-hydrogen) atoms. The number of hydrogen-bond donors (Lipinski definition) is 2. The van der Waals surface area contributed by atoms with Gasteiger partial charge >= 0.3 is 6.18 Å². The van der Waals surface area contributed by atoms with Gasteiger partial charge in [-0.1, -0.05) is 31.2 Å². The molecule has 2 rings (SSSR count). The van der Waals surface area contributed by atoms with Crippen LogP contribution in [-0.4, -0.2) is 32.7 Å². The van der Waals surface area contributed by atoms with Crippen molar-refractivity contribution < 1.29 is 27.4 Å². The molecule has 0 aromatic heterocycles. The van der Waals surface area contributed by atoms with Crippen molar-refractivity contribution in [2.45, 2.75) is 25.4 Å². The molecule has 2 aromatic carbocycles. The fourth-order valence-corrected chi connectivity index (χ4v) is 3.00. The summed E-state index contributed by atoms with van der Waals surface area (Å²) in [6.45, 7) is 7.48. The van der Waals surface area contributed by atoms with Crippen molar-refractivity contribution in [2.24, 2.45) is 0 Å². The Morgan fingerprint density at radius 1 is 1.19 bits per heavy atom. The Hall–Kier alpha value is -3.00. The second-order valence-corrected chi connectivity index (χ2v) is 6.76. The van der Waals surface area contributed by atoms with Crippen LogP contribution in [0.4, 0.5) is 18.9 Å². The summed E-state index contributed by atoms with van der Waals surface area (Å²) in [6, 6.07) is 9.71. The third-order valence-electron chi connectivity index (χ3n) is 4.55. The quantitative estimate of drug-likeness (QED) is 0.384. The van der Waals surface area contributed by atoms with E-state index in [-0.39, 0.29) is 12.0 Å². The lowest BCUT2D eigenvalue weighted by molar-refractivity contribution is -0.137. The number of carbonyl (C=O) groups is 1. The number of nitrogens with one attached hydrogen (secondary N) is 2. The maximum atomic E-state index is 13.1. The summed E-state index contributed by atoms with van der Waals surface area (Å²) in [6.07, 6.45) is -2.79. The number of halogens is 3. The minimum atomic E-state index is -4.49. The summed E-state index contributed by atoms with van der Waals surface area (Å²) in [5.41, 5.74) is -0.0826. The number of carbonyl (C=O) groups excluding carboxylic acids is 1. The van der Waals surface area contributed by atoms with Gasteiger partial charge in [-0.2, -0.15) is 13.2 Å². The van der Waals surface area contributed by atoms with Gasteiger partial charge in [0.1, 0.15) is 6.61 Å². The van der Waals surface area contributed by atoms with Crippen LogP contribution in [0.2, 0.25) is 0 Å². The maximum Gasteiger partial charge on any atom is 0.416 e. The van der Waals surface area contributed by atoms with Crippen molar-refractivity contribution in [1.82, 2.24) is 5.32 Å². The van der Waals surface area contributed by atoms with Crippen LogP contribution in [0.15, 0.2) is 55.1 Å². The second kappa shape index (κ2) is 11.4. The van der Waals surface area contributed by atoms with E-state index in [1.807, 2.05) is 6.92 Å². The van der Waals surface area contributed by atoms with Crippen LogP contribution in [0, 0.1) is 0 Å². The van der Waals surface area contributed by atoms with E-state index in [0.29, 0.717) is 30.3 Å². The molecule has 1 amide bonds. The van der Waals surface area contributed by atoms with Gasteiger partial charge in [0.25, 0.3) is 0 Å². The number of allylic oxidation sites excluding steroid dienone is 1. The molecule has 0 heterocycles. The van der Waals surface area contributed by atoms with Gasteiger partial charge in [-0.05, 0) is 36.7 Å². The average Bonchev–Trinajstić information content (AvgIpc) is 2.74. The Bertz CT molecular complexity index is 885. The van der Waals surface area contributed by atoms with Crippen LogP contribution >= 0.6 is 0 Å². The standard InChI is InChI=1S/C23H27F3N2O3/c1-4-7-19(16-8-6-9-17(14-16)23(24,25)26)22(29)28-18-10-11-20(30-3)21(15-18)31-13-12-27-5-2/h4,6,8-11,14-15,19,27H,1,5,7,12-13H2,2-3H3,(H,28,29). The molecule has 0 aliphatic rings. The van der Waals surface area contributed by atoms with Crippen molar-refractivity contribution >= 4 is 11.6 Å². The minimum Gasteiger partial charge on any atom is -0.493 e. The molecule has 0 saturated carbocycles. The van der Waals surface area contributed by atoms with Crippen molar-refractivity contribution in [2.75, 3.05) is 32.1 Å². The predicted molar refractivity (Wildman–Crippen MR) is 115 cm³/mol. The first-order valence-electron chi connectivity index (χ1n) is 9.90. The fourth-order valence-electron chi connectivity index (χ4n) is 3.00. The van der Waals surface area contributed by atoms with E-state index in [2.05, 4.69) is 17.2 Å². The number of benzene rings is 2. The summed E-state index contributed by atoms with van der Waals surface area (Å²) >= 11 is 0. The zero-order valence-electron chi connectivity index (χ0n) is 17.6. The fraction of sp³-hybridized carbons (Fsp3) is 0.348. The molecule has 0 fully saturated rings. The molecule has 0 spiro atoms. The molecule has 0 aliphatic heterocycles. The van der Waals surface area contributed by atoms with Crippen LogP contribution in [-0.2, 0) is 11.0 Å². The van der Waals surface area contributed by atoms with Crippen LogP contribution < -0.4 is 20.1 Å². The predicted octanol–water partition coefficient (Wildman–Crippen LogP) is 5.00. The molecule has 8 heteroatoms. The van der Waals surface area contributed by atoms with Gasteiger partial charge in [-0.25, -0.2) is 0 Å². The zero-order valence-corrected chi connectivity index (χ0v) is 17.6. The highest BCUT2D eigenvalue weighted by atomic mass is 19.4. The molecule has 0 saturated heterocycles. The van der Waals surface area contributed by atoms with Gasteiger partial charge in [0.05, 0.1) is 18.6 Å². The second-order valence-electron chi connectivity index (χ2n) is 6.76. The Balaban J connectivity index is 2.21. The number of hydrogen-bond acceptors (Lipinski definition) is 4. The summed E-state index contributed by atoms with van der Waals surface area (Å²) in [7, 11) is 1.51. The number of amides is 1. The van der Waals surface area contributed by atoms with E-state index in [0.717, 1.165) is 18.7 Å². The van der Waals surface area contributed by atoms with Gasteiger partial charge in [0.15, 0.2) is 11.5 Å². The zero-order chi connectivity index (χ0) is 22.9. The molecule has 0 radical (unpaired) electrons. The monoisotopic (exact) mass is 436 g/mol. The molecule has 168 valence electrons. The lowest BCUT2D eigenvalue weighted by atomic mass is 9.93. The van der Waals surface area contributed by atoms with Gasteiger partial charge in [-0.15, -0.1) is 6.58 Å². The smallest absolute Gasteiger partial charge is 0.416 e. The number of alkyl halides is 3. The van der Waals surface area contributed by atoms with Gasteiger partial charge in [0.2, 0.25) is 5.91 Å². The number of rotatable bonds is 11. The summed E-state index contributed by atoms with van der Waals surface area (Å²) in [4.78, 5) is 12.9. The topological polar surface area (TPSA) is 59.6 Å². The lowest BCUT2D eigenvalue weighted by Gasteiger charge is -2.18. The third-order valence-corrected chi connectivity index (χ3v) is 4.55. The van der Waals surface area contributed by atoms with Crippen molar-refractivity contribution in [3.05, 3.63) is 66.2 Å². The molecule has 2 aromatic rings. The SMILES string of the molecule is C=CCC(C(=O)Nc1ccc(OC)c(OCCNCC)c1)c1cccc(C(F)(F)F)c1. The highest BCUT2D eigenvalue weighted by Gasteiger charge is 2.31. The number of ether oxygens (including phenoxy) is 2. The number of likely N-dealkylation sites (N-methyl/N-ethyl adjacent to an activating group) is 1. The number of anilines is 1. The highest BCUT2D eigenvalue weighted by molar-refractivity contribution is 5.96. The third kappa shape index (κ3) is 7.03. The van der Waals surface area contributed by atoms with Crippen molar-refractivity contribution in [3.8, 4) is 11.5 Å². The first kappa shape index (κ1) is 24.3. The van der Waals surface area contributed by atoms with E-state index in [1.165, 1.54) is 25.3 Å². The minimum absolute atomic E-state index is 0.190. The van der Waals surface area contributed by atoms with Crippen LogP contribution in [0.5, 0.6) is 11.5 Å². The maximum absolute atomic E-state index is 13.1. The van der Waals surface area contributed by atoms with E-state index >= 15 is 0 Å². The molecule has 0 bridgehead atoms. The van der Waals surface area contributed by atoms with Crippen molar-refractivity contribution in [1.29, 1.82) is 0 Å². The van der Waals surface area contributed by atoms with E-state index in [4.69, 9.17) is 9.47 Å². The molecular formula is C23H27F3N2O3. The van der Waals surface area contributed by atoms with Gasteiger partial charge < -0.3 is 20.1 Å².